The van der Waals surface area contributed by atoms with Gasteiger partial charge in [0.05, 0.1) is 10.7 Å². The summed E-state index contributed by atoms with van der Waals surface area (Å²) < 4.78 is 14.7. The molecule has 3 nitrogen and oxygen atoms in total. The molecule has 0 saturated heterocycles. The van der Waals surface area contributed by atoms with E-state index in [1.165, 1.54) is 6.07 Å². The number of aromatic nitrogens is 2. The van der Waals surface area contributed by atoms with E-state index in [1.54, 1.807) is 23.9 Å². The van der Waals surface area contributed by atoms with E-state index in [4.69, 9.17) is 28.9 Å². The van der Waals surface area contributed by atoms with Gasteiger partial charge in [-0.2, -0.15) is 5.10 Å². The van der Waals surface area contributed by atoms with Crippen LogP contribution >= 0.6 is 23.2 Å². The molecule has 0 spiro atoms. The summed E-state index contributed by atoms with van der Waals surface area (Å²) in [5.41, 5.74) is 8.63. The van der Waals surface area contributed by atoms with Gasteiger partial charge in [-0.3, -0.25) is 4.68 Å². The molecule has 6 heteroatoms. The molecule has 1 atom stereocenters. The molecule has 1 aromatic heterocycles. The Hall–Kier alpha value is -1.10. The third kappa shape index (κ3) is 2.91. The second-order valence-electron chi connectivity index (χ2n) is 4.46. The monoisotopic (exact) mass is 301 g/mol. The summed E-state index contributed by atoms with van der Waals surface area (Å²) in [6.07, 6.45) is 0.528. The van der Waals surface area contributed by atoms with E-state index >= 15 is 0 Å². The van der Waals surface area contributed by atoms with Gasteiger partial charge in [0.1, 0.15) is 11.0 Å². The van der Waals surface area contributed by atoms with E-state index in [1.807, 2.05) is 6.92 Å². The van der Waals surface area contributed by atoms with Gasteiger partial charge in [0.25, 0.3) is 0 Å². The summed E-state index contributed by atoms with van der Waals surface area (Å²) in [4.78, 5) is 0. The van der Waals surface area contributed by atoms with Gasteiger partial charge in [-0.15, -0.1) is 0 Å². The van der Waals surface area contributed by atoms with Crippen molar-refractivity contribution >= 4 is 23.2 Å². The van der Waals surface area contributed by atoms with Crippen molar-refractivity contribution in [2.75, 3.05) is 0 Å². The lowest BCUT2D eigenvalue weighted by atomic mass is 10.0. The average Bonchev–Trinajstić information content (AvgIpc) is 2.59. The Bertz CT molecular complexity index is 610. The van der Waals surface area contributed by atoms with E-state index in [9.17, 15) is 4.39 Å². The molecule has 1 aromatic carbocycles. The number of hydrogen-bond acceptors (Lipinski definition) is 2. The molecule has 0 bridgehead atoms. The fourth-order valence-corrected chi connectivity index (χ4v) is 2.43. The second kappa shape index (κ2) is 5.49. The first-order valence-electron chi connectivity index (χ1n) is 5.78. The van der Waals surface area contributed by atoms with Gasteiger partial charge < -0.3 is 5.73 Å². The maximum absolute atomic E-state index is 13.1. The minimum absolute atomic E-state index is 0.0713. The normalized spacial score (nSPS) is 12.7. The highest BCUT2D eigenvalue weighted by Crippen LogP contribution is 2.26. The molecule has 0 aliphatic heterocycles. The second-order valence-corrected chi connectivity index (χ2v) is 5.23. The lowest BCUT2D eigenvalue weighted by Gasteiger charge is -2.12. The van der Waals surface area contributed by atoms with Crippen molar-refractivity contribution in [3.05, 3.63) is 51.0 Å². The molecule has 1 heterocycles. The van der Waals surface area contributed by atoms with Crippen LogP contribution in [-0.4, -0.2) is 9.78 Å². The first kappa shape index (κ1) is 14.3. The molecule has 2 N–H and O–H groups in total. The highest BCUT2D eigenvalue weighted by molar-refractivity contribution is 6.31. The number of nitrogens with zero attached hydrogens (tertiary/aromatic N) is 2. The van der Waals surface area contributed by atoms with Crippen LogP contribution in [0.2, 0.25) is 10.2 Å². The molecular weight excluding hydrogens is 288 g/mol. The van der Waals surface area contributed by atoms with Gasteiger partial charge >= 0.3 is 0 Å². The maximum Gasteiger partial charge on any atom is 0.141 e. The Balaban J connectivity index is 2.25. The Kier molecular flexibility index (Phi) is 4.13. The highest BCUT2D eigenvalue weighted by Gasteiger charge is 2.16. The molecule has 0 aliphatic rings. The van der Waals surface area contributed by atoms with Crippen LogP contribution in [0.25, 0.3) is 0 Å². The van der Waals surface area contributed by atoms with E-state index < -0.39 is 5.82 Å². The summed E-state index contributed by atoms with van der Waals surface area (Å²) in [7, 11) is 1.78. The summed E-state index contributed by atoms with van der Waals surface area (Å²) in [5.74, 6) is -0.451. The van der Waals surface area contributed by atoms with Crippen molar-refractivity contribution in [2.45, 2.75) is 19.4 Å². The number of hydrogen-bond donors (Lipinski definition) is 1. The topological polar surface area (TPSA) is 43.8 Å². The molecule has 0 saturated carbocycles. The van der Waals surface area contributed by atoms with Crippen molar-refractivity contribution in [3.63, 3.8) is 0 Å². The van der Waals surface area contributed by atoms with Crippen molar-refractivity contribution in [2.24, 2.45) is 12.8 Å². The van der Waals surface area contributed by atoms with Crippen LogP contribution in [0.5, 0.6) is 0 Å². The molecule has 0 aliphatic carbocycles. The van der Waals surface area contributed by atoms with Gasteiger partial charge in [-0.05, 0) is 31.0 Å². The first-order valence-corrected chi connectivity index (χ1v) is 6.54. The Labute approximate surface area is 121 Å². The molecule has 0 radical (unpaired) electrons. The Morgan fingerprint density at radius 2 is 2.11 bits per heavy atom. The SMILES string of the molecule is Cc1nn(C)c(Cl)c1CC(N)c1ccc(F)c(Cl)c1. The average molecular weight is 302 g/mol. The minimum atomic E-state index is -0.451. The standard InChI is InChI=1S/C13H14Cl2FN3/c1-7-9(13(15)19(2)18-7)6-12(17)8-3-4-11(16)10(14)5-8/h3-5,12H,6,17H2,1-2H3. The van der Waals surface area contributed by atoms with E-state index in [-0.39, 0.29) is 11.1 Å². The quantitative estimate of drug-likeness (QED) is 0.944. The smallest absolute Gasteiger partial charge is 0.141 e. The van der Waals surface area contributed by atoms with Crippen molar-refractivity contribution in [1.29, 1.82) is 0 Å². The van der Waals surface area contributed by atoms with Gasteiger partial charge in [0.2, 0.25) is 0 Å². The first-order chi connectivity index (χ1) is 8.90. The van der Waals surface area contributed by atoms with E-state index in [0.29, 0.717) is 11.6 Å². The number of halogens is 3. The van der Waals surface area contributed by atoms with Gasteiger partial charge in [0.15, 0.2) is 0 Å². The van der Waals surface area contributed by atoms with Gasteiger partial charge in [0, 0.05) is 18.7 Å². The number of benzene rings is 1. The highest BCUT2D eigenvalue weighted by atomic mass is 35.5. The number of rotatable bonds is 3. The Morgan fingerprint density at radius 3 is 2.63 bits per heavy atom. The van der Waals surface area contributed by atoms with Crippen LogP contribution in [-0.2, 0) is 13.5 Å². The van der Waals surface area contributed by atoms with Crippen molar-refractivity contribution < 1.29 is 4.39 Å². The van der Waals surface area contributed by atoms with Crippen LogP contribution in [0.3, 0.4) is 0 Å². The van der Waals surface area contributed by atoms with Gasteiger partial charge in [-0.25, -0.2) is 4.39 Å². The zero-order valence-electron chi connectivity index (χ0n) is 10.6. The predicted octanol–water partition coefficient (Wildman–Crippen LogP) is 3.42. The molecular formula is C13H14Cl2FN3. The molecule has 102 valence electrons. The van der Waals surface area contributed by atoms with Crippen LogP contribution in [0, 0.1) is 12.7 Å². The van der Waals surface area contributed by atoms with E-state index in [2.05, 4.69) is 5.10 Å². The summed E-state index contributed by atoms with van der Waals surface area (Å²) in [6.45, 7) is 1.88. The molecule has 0 amide bonds. The van der Waals surface area contributed by atoms with Crippen LogP contribution in [0.15, 0.2) is 18.2 Å². The summed E-state index contributed by atoms with van der Waals surface area (Å²) in [6, 6.07) is 4.18. The van der Waals surface area contributed by atoms with Crippen molar-refractivity contribution in [1.82, 2.24) is 9.78 Å². The largest absolute Gasteiger partial charge is 0.324 e. The summed E-state index contributed by atoms with van der Waals surface area (Å²) >= 11 is 11.9. The molecule has 2 aromatic rings. The zero-order valence-corrected chi connectivity index (χ0v) is 12.1. The minimum Gasteiger partial charge on any atom is -0.324 e. The number of aryl methyl sites for hydroxylation is 2. The molecule has 2 rings (SSSR count). The van der Waals surface area contributed by atoms with Crippen LogP contribution in [0.1, 0.15) is 22.9 Å². The molecule has 19 heavy (non-hydrogen) atoms. The zero-order chi connectivity index (χ0) is 14.2. The fraction of sp³-hybridized carbons (Fsp3) is 0.308. The summed E-state index contributed by atoms with van der Waals surface area (Å²) in [5, 5.41) is 4.87. The molecule has 1 unspecified atom stereocenters. The van der Waals surface area contributed by atoms with Crippen molar-refractivity contribution in [3.8, 4) is 0 Å². The van der Waals surface area contributed by atoms with Crippen LogP contribution < -0.4 is 5.73 Å². The fourth-order valence-electron chi connectivity index (χ4n) is 1.99. The number of nitrogens with two attached hydrogens (primary N) is 1. The lowest BCUT2D eigenvalue weighted by molar-refractivity contribution is 0.625. The molecule has 0 fully saturated rings. The predicted molar refractivity (Wildman–Crippen MR) is 75.0 cm³/mol. The lowest BCUT2D eigenvalue weighted by Crippen LogP contribution is -2.14. The van der Waals surface area contributed by atoms with Gasteiger partial charge in [-0.1, -0.05) is 29.3 Å². The third-order valence-electron chi connectivity index (χ3n) is 3.07. The Morgan fingerprint density at radius 1 is 1.42 bits per heavy atom. The van der Waals surface area contributed by atoms with E-state index in [0.717, 1.165) is 16.8 Å². The maximum atomic E-state index is 13.1. The third-order valence-corrected chi connectivity index (χ3v) is 3.83. The van der Waals surface area contributed by atoms with Crippen LogP contribution in [0.4, 0.5) is 4.39 Å².